The van der Waals surface area contributed by atoms with Crippen LogP contribution in [-0.2, 0) is 4.79 Å². The zero-order valence-corrected chi connectivity index (χ0v) is 14.6. The fourth-order valence-corrected chi connectivity index (χ4v) is 2.79. The number of nitrogens with one attached hydrogen (secondary N) is 1. The van der Waals surface area contributed by atoms with E-state index in [-0.39, 0.29) is 24.3 Å². The molecule has 6 nitrogen and oxygen atoms in total. The number of hydrogen-bond acceptors (Lipinski definition) is 4. The second kappa shape index (κ2) is 7.51. The molecular weight excluding hydrogens is 318 g/mol. The maximum absolute atomic E-state index is 12.1. The lowest BCUT2D eigenvalue weighted by Gasteiger charge is -2.15. The first kappa shape index (κ1) is 17.2. The fraction of sp³-hybridized carbons (Fsp3) is 0.421. The van der Waals surface area contributed by atoms with Crippen molar-refractivity contribution in [3.05, 3.63) is 42.1 Å². The van der Waals surface area contributed by atoms with E-state index < -0.39 is 0 Å². The highest BCUT2D eigenvalue weighted by Gasteiger charge is 2.30. The molecule has 6 heteroatoms. The number of rotatable bonds is 8. The van der Waals surface area contributed by atoms with Gasteiger partial charge in [0.2, 0.25) is 0 Å². The maximum atomic E-state index is 12.1. The maximum Gasteiger partial charge on any atom is 0.263 e. The van der Waals surface area contributed by atoms with Gasteiger partial charge in [0.15, 0.2) is 12.4 Å². The van der Waals surface area contributed by atoms with Crippen LogP contribution in [0.5, 0.6) is 5.75 Å². The highest BCUT2D eigenvalue weighted by atomic mass is 16.5. The van der Waals surface area contributed by atoms with Gasteiger partial charge in [0.25, 0.3) is 5.91 Å². The summed E-state index contributed by atoms with van der Waals surface area (Å²) in [7, 11) is 0. The van der Waals surface area contributed by atoms with Crippen molar-refractivity contribution in [2.75, 3.05) is 11.9 Å². The Bertz CT molecular complexity index is 748. The van der Waals surface area contributed by atoms with E-state index in [4.69, 9.17) is 4.74 Å². The molecule has 1 fully saturated rings. The predicted octanol–water partition coefficient (Wildman–Crippen LogP) is 3.46. The molecular formula is C19H23N3O3. The van der Waals surface area contributed by atoms with Gasteiger partial charge in [-0.05, 0) is 49.9 Å². The van der Waals surface area contributed by atoms with Gasteiger partial charge in [-0.1, -0.05) is 6.92 Å². The molecule has 0 unspecified atom stereocenters. The van der Waals surface area contributed by atoms with Gasteiger partial charge >= 0.3 is 0 Å². The van der Waals surface area contributed by atoms with Crippen LogP contribution in [0.4, 0.5) is 5.82 Å². The minimum absolute atomic E-state index is 0.0855. The van der Waals surface area contributed by atoms with Crippen molar-refractivity contribution in [2.24, 2.45) is 5.92 Å². The summed E-state index contributed by atoms with van der Waals surface area (Å²) >= 11 is 0. The minimum Gasteiger partial charge on any atom is -0.484 e. The zero-order chi connectivity index (χ0) is 17.8. The Hall–Kier alpha value is -2.63. The molecule has 0 spiro atoms. The number of ether oxygens (including phenoxy) is 1. The molecule has 0 saturated heterocycles. The molecule has 1 N–H and O–H groups in total. The number of ketones is 1. The van der Waals surface area contributed by atoms with Crippen molar-refractivity contribution < 1.29 is 14.3 Å². The Labute approximate surface area is 147 Å². The molecule has 132 valence electrons. The van der Waals surface area contributed by atoms with Gasteiger partial charge in [-0.3, -0.25) is 9.59 Å². The summed E-state index contributed by atoms with van der Waals surface area (Å²) in [5, 5.41) is 7.16. The third kappa shape index (κ3) is 4.26. The van der Waals surface area contributed by atoms with Crippen LogP contribution in [0, 0.1) is 5.92 Å². The minimum atomic E-state index is -0.238. The number of nitrogens with zero attached hydrogens (tertiary/aromatic N) is 2. The van der Waals surface area contributed by atoms with Gasteiger partial charge in [-0.25, -0.2) is 4.68 Å². The van der Waals surface area contributed by atoms with Crippen molar-refractivity contribution >= 4 is 17.5 Å². The second-order valence-corrected chi connectivity index (χ2v) is 6.38. The molecule has 1 saturated carbocycles. The smallest absolute Gasteiger partial charge is 0.263 e. The molecule has 1 aliphatic carbocycles. The van der Waals surface area contributed by atoms with Crippen LogP contribution in [0.15, 0.2) is 36.5 Å². The third-order valence-electron chi connectivity index (χ3n) is 4.50. The number of carbonyl (C=O) groups excluding carboxylic acids is 2. The highest BCUT2D eigenvalue weighted by molar-refractivity contribution is 5.96. The molecule has 0 bridgehead atoms. The monoisotopic (exact) mass is 341 g/mol. The molecule has 2 aromatic rings. The Morgan fingerprint density at radius 3 is 2.64 bits per heavy atom. The van der Waals surface area contributed by atoms with Crippen molar-refractivity contribution in [1.82, 2.24) is 9.78 Å². The predicted molar refractivity (Wildman–Crippen MR) is 94.9 cm³/mol. The van der Waals surface area contributed by atoms with Gasteiger partial charge < -0.3 is 10.1 Å². The van der Waals surface area contributed by atoms with E-state index >= 15 is 0 Å². The molecule has 1 aromatic carbocycles. The number of hydrogen-bond donors (Lipinski definition) is 1. The van der Waals surface area contributed by atoms with Gasteiger partial charge in [0, 0.05) is 18.1 Å². The highest BCUT2D eigenvalue weighted by Crippen LogP contribution is 2.40. The number of anilines is 1. The van der Waals surface area contributed by atoms with Crippen LogP contribution < -0.4 is 10.1 Å². The summed E-state index contributed by atoms with van der Waals surface area (Å²) in [6.07, 6.45) is 4.59. The van der Waals surface area contributed by atoms with E-state index in [1.807, 2.05) is 11.6 Å². The van der Waals surface area contributed by atoms with Crippen molar-refractivity contribution in [2.45, 2.75) is 39.2 Å². The van der Waals surface area contributed by atoms with Gasteiger partial charge in [-0.2, -0.15) is 5.10 Å². The molecule has 1 aliphatic rings. The van der Waals surface area contributed by atoms with Crippen LogP contribution in [0.1, 0.15) is 49.5 Å². The van der Waals surface area contributed by atoms with Crippen LogP contribution in [0.2, 0.25) is 0 Å². The molecule has 0 radical (unpaired) electrons. The van der Waals surface area contributed by atoms with Crippen molar-refractivity contribution in [3.8, 4) is 5.75 Å². The van der Waals surface area contributed by atoms with Gasteiger partial charge in [-0.15, -0.1) is 0 Å². The Balaban J connectivity index is 1.53. The SMILES string of the molecule is CCC(=O)c1ccc(OCC(=O)Nc2ccnn2[C@@H](C)C2CC2)cc1. The topological polar surface area (TPSA) is 73.2 Å². The lowest BCUT2D eigenvalue weighted by atomic mass is 10.1. The Kier molecular flexibility index (Phi) is 5.16. The fourth-order valence-electron chi connectivity index (χ4n) is 2.79. The second-order valence-electron chi connectivity index (χ2n) is 6.38. The van der Waals surface area contributed by atoms with Gasteiger partial charge in [0.1, 0.15) is 11.6 Å². The summed E-state index contributed by atoms with van der Waals surface area (Å²) in [6, 6.07) is 8.92. The van der Waals surface area contributed by atoms with E-state index in [2.05, 4.69) is 17.3 Å². The number of carbonyl (C=O) groups is 2. The van der Waals surface area contributed by atoms with E-state index in [1.54, 1.807) is 36.5 Å². The normalized spacial score (nSPS) is 14.8. The quantitative estimate of drug-likeness (QED) is 0.746. The van der Waals surface area contributed by atoms with E-state index in [0.29, 0.717) is 29.5 Å². The van der Waals surface area contributed by atoms with Crippen LogP contribution in [-0.4, -0.2) is 28.1 Å². The van der Waals surface area contributed by atoms with Crippen LogP contribution in [0.3, 0.4) is 0 Å². The summed E-state index contributed by atoms with van der Waals surface area (Å²) in [5.74, 6) is 1.75. The first-order valence-electron chi connectivity index (χ1n) is 8.68. The lowest BCUT2D eigenvalue weighted by Crippen LogP contribution is -2.23. The molecule has 1 amide bonds. The average Bonchev–Trinajstić information content (AvgIpc) is 3.39. The summed E-state index contributed by atoms with van der Waals surface area (Å²) in [6.45, 7) is 3.85. The zero-order valence-electron chi connectivity index (χ0n) is 14.6. The van der Waals surface area contributed by atoms with E-state index in [0.717, 1.165) is 0 Å². The van der Waals surface area contributed by atoms with Crippen molar-refractivity contribution in [3.63, 3.8) is 0 Å². The first-order valence-corrected chi connectivity index (χ1v) is 8.68. The largest absolute Gasteiger partial charge is 0.484 e. The Morgan fingerprint density at radius 2 is 2.00 bits per heavy atom. The molecule has 3 rings (SSSR count). The van der Waals surface area contributed by atoms with E-state index in [9.17, 15) is 9.59 Å². The van der Waals surface area contributed by atoms with Gasteiger partial charge in [0.05, 0.1) is 12.2 Å². The summed E-state index contributed by atoms with van der Waals surface area (Å²) in [4.78, 5) is 23.7. The summed E-state index contributed by atoms with van der Waals surface area (Å²) < 4.78 is 7.35. The number of benzene rings is 1. The number of amides is 1. The molecule has 1 aromatic heterocycles. The van der Waals surface area contributed by atoms with E-state index in [1.165, 1.54) is 12.8 Å². The third-order valence-corrected chi connectivity index (χ3v) is 4.50. The molecule has 25 heavy (non-hydrogen) atoms. The Morgan fingerprint density at radius 1 is 1.28 bits per heavy atom. The first-order chi connectivity index (χ1) is 12.1. The van der Waals surface area contributed by atoms with Crippen LogP contribution in [0.25, 0.3) is 0 Å². The number of aromatic nitrogens is 2. The molecule has 0 aliphatic heterocycles. The number of Topliss-reactive ketones (excluding diaryl/α,β-unsaturated/α-hetero) is 1. The molecule has 1 heterocycles. The van der Waals surface area contributed by atoms with Crippen molar-refractivity contribution in [1.29, 1.82) is 0 Å². The average molecular weight is 341 g/mol. The standard InChI is InChI=1S/C19H23N3O3/c1-3-17(23)15-6-8-16(9-7-15)25-12-19(24)21-18-10-11-20-22(18)13(2)14-4-5-14/h6-11,13-14H,3-5,12H2,1-2H3,(H,21,24)/t13-/m0/s1. The lowest BCUT2D eigenvalue weighted by molar-refractivity contribution is -0.118. The summed E-state index contributed by atoms with van der Waals surface area (Å²) in [5.41, 5.74) is 0.650. The molecule has 1 atom stereocenters. The van der Waals surface area contributed by atoms with Crippen LogP contribution >= 0.6 is 0 Å².